The van der Waals surface area contributed by atoms with Crippen LogP contribution < -0.4 is 0 Å². The smallest absolute Gasteiger partial charge is 0.0835 e. The average Bonchev–Trinajstić information content (AvgIpc) is 2.93. The summed E-state index contributed by atoms with van der Waals surface area (Å²) < 4.78 is 0. The quantitative estimate of drug-likeness (QED) is 0.459. The minimum atomic E-state index is -0.121. The number of para-hydroxylation sites is 1. The van der Waals surface area contributed by atoms with E-state index in [1.54, 1.807) is 0 Å². The predicted octanol–water partition coefficient (Wildman–Crippen LogP) is 5.65. The molecule has 2 heteroatoms. The third-order valence-electron chi connectivity index (χ3n) is 3.92. The largest absolute Gasteiger partial charge is 0.355 e. The highest BCUT2D eigenvalue weighted by molar-refractivity contribution is 6.23. The fraction of sp³-hybridized carbons (Fsp3) is 0.0526. The van der Waals surface area contributed by atoms with Crippen LogP contribution >= 0.6 is 11.6 Å². The fourth-order valence-electron chi connectivity index (χ4n) is 2.84. The molecule has 1 nitrogen and oxygen atoms in total. The van der Waals surface area contributed by atoms with Gasteiger partial charge in [-0.05, 0) is 29.3 Å². The molecule has 1 aromatic heterocycles. The molecule has 1 heterocycles. The average molecular weight is 292 g/mol. The van der Waals surface area contributed by atoms with Crippen LogP contribution in [0.5, 0.6) is 0 Å². The van der Waals surface area contributed by atoms with Gasteiger partial charge >= 0.3 is 0 Å². The van der Waals surface area contributed by atoms with Gasteiger partial charge in [-0.3, -0.25) is 0 Å². The van der Waals surface area contributed by atoms with Crippen LogP contribution in [0.4, 0.5) is 0 Å². The number of nitrogens with one attached hydrogen (secondary N) is 1. The number of alkyl halides is 1. The Morgan fingerprint density at radius 2 is 1.38 bits per heavy atom. The first-order valence-corrected chi connectivity index (χ1v) is 7.46. The van der Waals surface area contributed by atoms with Gasteiger partial charge in [-0.25, -0.2) is 0 Å². The molecule has 0 saturated heterocycles. The molecule has 3 aromatic carbocycles. The van der Waals surface area contributed by atoms with Crippen LogP contribution in [0.2, 0.25) is 0 Å². The van der Waals surface area contributed by atoms with E-state index in [0.29, 0.717) is 0 Å². The van der Waals surface area contributed by atoms with Crippen molar-refractivity contribution >= 4 is 33.4 Å². The summed E-state index contributed by atoms with van der Waals surface area (Å²) in [7, 11) is 0. The molecule has 1 atom stereocenters. The van der Waals surface area contributed by atoms with Crippen LogP contribution in [0, 0.1) is 0 Å². The fourth-order valence-corrected chi connectivity index (χ4v) is 3.12. The molecular weight excluding hydrogens is 278 g/mol. The zero-order valence-corrected chi connectivity index (χ0v) is 12.1. The second-order valence-corrected chi connectivity index (χ2v) is 5.69. The monoisotopic (exact) mass is 291 g/mol. The van der Waals surface area contributed by atoms with E-state index in [0.717, 1.165) is 22.2 Å². The summed E-state index contributed by atoms with van der Waals surface area (Å²) in [6, 6.07) is 25.0. The lowest BCUT2D eigenvalue weighted by molar-refractivity contribution is 1.15. The molecule has 0 bridgehead atoms. The Labute approximate surface area is 128 Å². The first-order chi connectivity index (χ1) is 10.3. The SMILES string of the molecule is ClC(c1ccccc1)c1ccc2[nH]c3ccccc3c2c1. The molecule has 0 aliphatic rings. The second kappa shape index (κ2) is 4.94. The Balaban J connectivity index is 1.88. The van der Waals surface area contributed by atoms with E-state index in [1.165, 1.54) is 10.8 Å². The summed E-state index contributed by atoms with van der Waals surface area (Å²) in [6.07, 6.45) is 0. The van der Waals surface area contributed by atoms with Gasteiger partial charge in [0, 0.05) is 21.8 Å². The number of hydrogen-bond donors (Lipinski definition) is 1. The number of rotatable bonds is 2. The number of H-pyrrole nitrogens is 1. The van der Waals surface area contributed by atoms with Gasteiger partial charge < -0.3 is 4.98 Å². The van der Waals surface area contributed by atoms with E-state index in [2.05, 4.69) is 53.5 Å². The first-order valence-electron chi connectivity index (χ1n) is 7.02. The molecule has 21 heavy (non-hydrogen) atoms. The number of benzene rings is 3. The maximum atomic E-state index is 6.64. The molecule has 4 aromatic rings. The lowest BCUT2D eigenvalue weighted by atomic mass is 10.0. The van der Waals surface area contributed by atoms with E-state index in [4.69, 9.17) is 11.6 Å². The maximum absolute atomic E-state index is 6.64. The molecule has 0 aliphatic heterocycles. The van der Waals surface area contributed by atoms with Crippen LogP contribution in [0.1, 0.15) is 16.5 Å². The van der Waals surface area contributed by atoms with E-state index >= 15 is 0 Å². The molecule has 0 saturated carbocycles. The van der Waals surface area contributed by atoms with Crippen LogP contribution in [0.15, 0.2) is 72.8 Å². The standard InChI is InChI=1S/C19H14ClN/c20-19(13-6-2-1-3-7-13)14-10-11-18-16(12-14)15-8-4-5-9-17(15)21-18/h1-12,19,21H. The summed E-state index contributed by atoms with van der Waals surface area (Å²) in [5.41, 5.74) is 4.56. The summed E-state index contributed by atoms with van der Waals surface area (Å²) in [5, 5.41) is 2.35. The maximum Gasteiger partial charge on any atom is 0.0835 e. The van der Waals surface area contributed by atoms with E-state index in [9.17, 15) is 0 Å². The summed E-state index contributed by atoms with van der Waals surface area (Å²) in [6.45, 7) is 0. The van der Waals surface area contributed by atoms with Crippen molar-refractivity contribution in [1.29, 1.82) is 0 Å². The van der Waals surface area contributed by atoms with Crippen molar-refractivity contribution in [3.05, 3.63) is 83.9 Å². The Kier molecular flexibility index (Phi) is 2.94. The van der Waals surface area contributed by atoms with Crippen LogP contribution in [0.25, 0.3) is 21.8 Å². The van der Waals surface area contributed by atoms with Crippen molar-refractivity contribution < 1.29 is 0 Å². The van der Waals surface area contributed by atoms with Gasteiger partial charge in [0.05, 0.1) is 5.38 Å². The molecule has 4 rings (SSSR count). The molecule has 0 fully saturated rings. The Bertz CT molecular complexity index is 909. The van der Waals surface area contributed by atoms with Gasteiger partial charge in [-0.15, -0.1) is 11.6 Å². The third kappa shape index (κ3) is 2.10. The molecular formula is C19H14ClN. The first kappa shape index (κ1) is 12.5. The van der Waals surface area contributed by atoms with E-state index in [-0.39, 0.29) is 5.38 Å². The number of aromatic nitrogens is 1. The highest BCUT2D eigenvalue weighted by atomic mass is 35.5. The number of aromatic amines is 1. The summed E-state index contributed by atoms with van der Waals surface area (Å²) in [5.74, 6) is 0. The third-order valence-corrected chi connectivity index (χ3v) is 4.42. The van der Waals surface area contributed by atoms with Gasteiger partial charge in [0.2, 0.25) is 0 Å². The molecule has 0 amide bonds. The zero-order chi connectivity index (χ0) is 14.2. The number of halogens is 1. The van der Waals surface area contributed by atoms with Crippen LogP contribution in [0.3, 0.4) is 0 Å². The lowest BCUT2D eigenvalue weighted by Gasteiger charge is -2.10. The normalized spacial score (nSPS) is 12.8. The van der Waals surface area contributed by atoms with Crippen molar-refractivity contribution in [2.45, 2.75) is 5.38 Å². The zero-order valence-electron chi connectivity index (χ0n) is 11.4. The van der Waals surface area contributed by atoms with Gasteiger partial charge in [0.1, 0.15) is 0 Å². The van der Waals surface area contributed by atoms with E-state index in [1.807, 2.05) is 24.3 Å². The van der Waals surface area contributed by atoms with Crippen molar-refractivity contribution in [3.63, 3.8) is 0 Å². The Morgan fingerprint density at radius 3 is 2.24 bits per heavy atom. The van der Waals surface area contributed by atoms with Crippen molar-refractivity contribution in [2.24, 2.45) is 0 Å². The molecule has 1 N–H and O–H groups in total. The second-order valence-electron chi connectivity index (χ2n) is 5.25. The van der Waals surface area contributed by atoms with Gasteiger partial charge in [0.25, 0.3) is 0 Å². The number of fused-ring (bicyclic) bond motifs is 3. The van der Waals surface area contributed by atoms with Crippen molar-refractivity contribution in [1.82, 2.24) is 4.98 Å². The molecule has 1 unspecified atom stereocenters. The topological polar surface area (TPSA) is 15.8 Å². The van der Waals surface area contributed by atoms with E-state index < -0.39 is 0 Å². The molecule has 0 spiro atoms. The molecule has 0 radical (unpaired) electrons. The van der Waals surface area contributed by atoms with Crippen molar-refractivity contribution in [2.75, 3.05) is 0 Å². The van der Waals surface area contributed by atoms with Crippen LogP contribution in [-0.2, 0) is 0 Å². The Hall–Kier alpha value is -2.25. The number of hydrogen-bond acceptors (Lipinski definition) is 0. The minimum absolute atomic E-state index is 0.121. The van der Waals surface area contributed by atoms with Crippen molar-refractivity contribution in [3.8, 4) is 0 Å². The Morgan fingerprint density at radius 1 is 0.667 bits per heavy atom. The summed E-state index contributed by atoms with van der Waals surface area (Å²) >= 11 is 6.64. The predicted molar refractivity (Wildman–Crippen MR) is 89.9 cm³/mol. The van der Waals surface area contributed by atoms with Gasteiger partial charge in [0.15, 0.2) is 0 Å². The van der Waals surface area contributed by atoms with Gasteiger partial charge in [-0.2, -0.15) is 0 Å². The summed E-state index contributed by atoms with van der Waals surface area (Å²) in [4.78, 5) is 3.44. The molecule has 0 aliphatic carbocycles. The molecule has 102 valence electrons. The lowest BCUT2D eigenvalue weighted by Crippen LogP contribution is -1.92. The highest BCUT2D eigenvalue weighted by Crippen LogP contribution is 2.33. The van der Waals surface area contributed by atoms with Gasteiger partial charge in [-0.1, -0.05) is 54.6 Å². The van der Waals surface area contributed by atoms with Crippen LogP contribution in [-0.4, -0.2) is 4.98 Å². The highest BCUT2D eigenvalue weighted by Gasteiger charge is 2.12. The minimum Gasteiger partial charge on any atom is -0.355 e.